The molecule has 0 amide bonds. The summed E-state index contributed by atoms with van der Waals surface area (Å²) in [7, 11) is -8.57. The Hall–Kier alpha value is 0.228. The summed E-state index contributed by atoms with van der Waals surface area (Å²) in [6, 6.07) is 0.0330. The molecule has 0 N–H and O–H groups in total. The first kappa shape index (κ1) is 41.3. The van der Waals surface area contributed by atoms with Gasteiger partial charge in [-0.25, -0.2) is 0 Å². The Morgan fingerprint density at radius 1 is 0.605 bits per heavy atom. The molecule has 0 aromatic carbocycles. The van der Waals surface area contributed by atoms with Crippen molar-refractivity contribution in [2.75, 3.05) is 19.7 Å². The third kappa shape index (κ3) is 10.4. The van der Waals surface area contributed by atoms with Crippen LogP contribution in [0.2, 0.25) is 72.5 Å². The van der Waals surface area contributed by atoms with Crippen molar-refractivity contribution in [3.63, 3.8) is 0 Å². The van der Waals surface area contributed by atoms with Crippen LogP contribution in [0.25, 0.3) is 0 Å². The van der Waals surface area contributed by atoms with Crippen LogP contribution in [0.5, 0.6) is 0 Å². The van der Waals surface area contributed by atoms with E-state index in [4.69, 9.17) is 24.1 Å². The third-order valence-corrected chi connectivity index (χ3v) is 29.6. The van der Waals surface area contributed by atoms with Gasteiger partial charge in [0, 0.05) is 19.5 Å². The van der Waals surface area contributed by atoms with E-state index in [2.05, 4.69) is 146 Å². The first-order chi connectivity index (χ1) is 18.8. The zero-order chi connectivity index (χ0) is 34.3. The fraction of sp³-hybridized carbons (Fsp3) is 0.941. The molecule has 1 rings (SSSR count). The molecule has 3 unspecified atom stereocenters. The van der Waals surface area contributed by atoms with Crippen molar-refractivity contribution in [1.29, 1.82) is 0 Å². The molecule has 0 saturated carbocycles. The number of terminal acetylenes is 1. The van der Waals surface area contributed by atoms with Crippen LogP contribution in [0, 0.1) is 12.3 Å². The van der Waals surface area contributed by atoms with Crippen LogP contribution < -0.4 is 0 Å². The minimum absolute atomic E-state index is 0.0330. The minimum Gasteiger partial charge on any atom is -0.415 e. The quantitative estimate of drug-likeness (QED) is 0.162. The van der Waals surface area contributed by atoms with Crippen LogP contribution >= 0.6 is 0 Å². The number of piperidine rings is 1. The van der Waals surface area contributed by atoms with E-state index in [0.29, 0.717) is 13.0 Å². The molecule has 0 aromatic rings. The maximum absolute atomic E-state index is 7.53. The van der Waals surface area contributed by atoms with Crippen molar-refractivity contribution in [2.45, 2.75) is 186 Å². The highest BCUT2D eigenvalue weighted by Gasteiger charge is 2.55. The number of hydrogen-bond donors (Lipinski definition) is 0. The van der Waals surface area contributed by atoms with Gasteiger partial charge in [-0.05, 0) is 72.5 Å². The Kier molecular flexibility index (Phi) is 13.2. The van der Waals surface area contributed by atoms with Crippen LogP contribution in [0.1, 0.15) is 89.5 Å². The predicted octanol–water partition coefficient (Wildman–Crippen LogP) is 9.89. The summed E-state index contributed by atoms with van der Waals surface area (Å²) in [6.07, 6.45) is 6.09. The van der Waals surface area contributed by atoms with Crippen molar-refractivity contribution in [3.05, 3.63) is 0 Å². The zero-order valence-corrected chi connectivity index (χ0v) is 36.3. The van der Waals surface area contributed by atoms with Gasteiger partial charge in [-0.15, -0.1) is 12.3 Å². The molecular formula is C34H73NO4Si4. The van der Waals surface area contributed by atoms with Crippen molar-refractivity contribution < 1.29 is 17.7 Å². The topological polar surface area (TPSA) is 40.2 Å². The van der Waals surface area contributed by atoms with Gasteiger partial charge in [-0.1, -0.05) is 83.1 Å². The molecule has 0 aliphatic carbocycles. The Bertz CT molecular complexity index is 946. The van der Waals surface area contributed by atoms with Crippen molar-refractivity contribution in [1.82, 2.24) is 4.90 Å². The number of nitrogens with zero attached hydrogens (tertiary/aromatic N) is 1. The summed E-state index contributed by atoms with van der Waals surface area (Å²) >= 11 is 0. The number of rotatable bonds is 11. The van der Waals surface area contributed by atoms with Gasteiger partial charge in [0.2, 0.25) is 0 Å². The zero-order valence-electron chi connectivity index (χ0n) is 32.3. The lowest BCUT2D eigenvalue weighted by Gasteiger charge is -2.56. The van der Waals surface area contributed by atoms with Gasteiger partial charge < -0.3 is 17.7 Å². The second kappa shape index (κ2) is 13.8. The monoisotopic (exact) mass is 671 g/mol. The molecule has 5 nitrogen and oxygen atoms in total. The lowest BCUT2D eigenvalue weighted by molar-refractivity contribution is -0.128. The summed E-state index contributed by atoms with van der Waals surface area (Å²) in [6.45, 7) is 48.9. The lowest BCUT2D eigenvalue weighted by Crippen LogP contribution is -2.70. The molecular weight excluding hydrogens is 599 g/mol. The van der Waals surface area contributed by atoms with E-state index in [1.54, 1.807) is 0 Å². The normalized spacial score (nSPS) is 24.3. The van der Waals surface area contributed by atoms with Crippen LogP contribution in [0.4, 0.5) is 0 Å². The smallest absolute Gasteiger partial charge is 0.192 e. The van der Waals surface area contributed by atoms with Crippen LogP contribution in [0.15, 0.2) is 0 Å². The van der Waals surface area contributed by atoms with E-state index in [0.717, 1.165) is 13.1 Å². The van der Waals surface area contributed by atoms with E-state index < -0.39 is 33.3 Å². The van der Waals surface area contributed by atoms with Crippen molar-refractivity contribution in [2.24, 2.45) is 0 Å². The first-order valence-electron chi connectivity index (χ1n) is 16.7. The molecule has 1 saturated heterocycles. The molecule has 43 heavy (non-hydrogen) atoms. The molecule has 9 heteroatoms. The summed E-state index contributed by atoms with van der Waals surface area (Å²) in [5, 5.41) is 0.308. The minimum atomic E-state index is -2.21. The summed E-state index contributed by atoms with van der Waals surface area (Å²) < 4.78 is 29.4. The Balaban J connectivity index is 3.93. The first-order valence-corrected chi connectivity index (χ1v) is 28.3. The molecule has 0 spiro atoms. The van der Waals surface area contributed by atoms with E-state index in [-0.39, 0.29) is 44.5 Å². The largest absolute Gasteiger partial charge is 0.415 e. The highest BCUT2D eigenvalue weighted by molar-refractivity contribution is 6.75. The second-order valence-corrected chi connectivity index (χ2v) is 38.3. The number of likely N-dealkylation sites (tertiary alicyclic amines) is 1. The predicted molar refractivity (Wildman–Crippen MR) is 198 cm³/mol. The van der Waals surface area contributed by atoms with E-state index in [1.807, 2.05) is 0 Å². The SMILES string of the molecule is C#CCCN1CC(O[Si](C)(C)C(C)(C)C)C(O[Si](C)(C)C(C)(C)C)C(O[Si](C)(C)C(C)(C)C)[C@H]1CO[Si](C)(C)C(C)(C)C. The van der Waals surface area contributed by atoms with Gasteiger partial charge in [-0.2, -0.15) is 0 Å². The summed E-state index contributed by atoms with van der Waals surface area (Å²) in [4.78, 5) is 2.54. The second-order valence-electron chi connectivity index (χ2n) is 19.2. The Morgan fingerprint density at radius 3 is 1.35 bits per heavy atom. The standard InChI is InChI=1S/C34H73NO4Si4/c1-22-23-24-35-25-28(37-41(16,17)32(5,6)7)30(39-43(20,21)34(11,12)13)29(38-42(18,19)33(8,9)10)27(35)26-36-40(14,15)31(2,3)4/h1,27-30H,23-26H2,2-21H3/t27-,28?,29?,30?/m1/s1. The van der Waals surface area contributed by atoms with Crippen molar-refractivity contribution in [3.8, 4) is 12.3 Å². The van der Waals surface area contributed by atoms with Gasteiger partial charge in [0.05, 0.1) is 31.0 Å². The highest BCUT2D eigenvalue weighted by Crippen LogP contribution is 2.46. The van der Waals surface area contributed by atoms with E-state index in [1.165, 1.54) is 0 Å². The molecule has 1 heterocycles. The maximum atomic E-state index is 7.53. The Labute approximate surface area is 273 Å². The summed E-state index contributed by atoms with van der Waals surface area (Å²) in [5.74, 6) is 2.91. The molecule has 0 aromatic heterocycles. The van der Waals surface area contributed by atoms with Crippen molar-refractivity contribution >= 4 is 33.3 Å². The van der Waals surface area contributed by atoms with Crippen LogP contribution in [0.3, 0.4) is 0 Å². The molecule has 0 radical (unpaired) electrons. The van der Waals surface area contributed by atoms with Gasteiger partial charge in [-0.3, -0.25) is 4.90 Å². The maximum Gasteiger partial charge on any atom is 0.192 e. The molecule has 1 fully saturated rings. The molecule has 1 aliphatic rings. The Morgan fingerprint density at radius 2 is 0.977 bits per heavy atom. The fourth-order valence-corrected chi connectivity index (χ4v) is 9.25. The fourth-order valence-electron chi connectivity index (χ4n) is 4.27. The van der Waals surface area contributed by atoms with Gasteiger partial charge in [0.25, 0.3) is 0 Å². The van der Waals surface area contributed by atoms with Gasteiger partial charge in [0.15, 0.2) is 33.3 Å². The lowest BCUT2D eigenvalue weighted by atomic mass is 9.94. The van der Waals surface area contributed by atoms with Gasteiger partial charge in [0.1, 0.15) is 0 Å². The molecule has 0 bridgehead atoms. The summed E-state index contributed by atoms with van der Waals surface area (Å²) in [5.41, 5.74) is 0. The highest BCUT2D eigenvalue weighted by atomic mass is 28.4. The average molecular weight is 672 g/mol. The molecule has 1 aliphatic heterocycles. The third-order valence-electron chi connectivity index (χ3n) is 11.6. The average Bonchev–Trinajstić information content (AvgIpc) is 2.75. The van der Waals surface area contributed by atoms with E-state index in [9.17, 15) is 0 Å². The number of hydrogen-bond acceptors (Lipinski definition) is 5. The van der Waals surface area contributed by atoms with Gasteiger partial charge >= 0.3 is 0 Å². The molecule has 254 valence electrons. The van der Waals surface area contributed by atoms with Crippen LogP contribution in [-0.2, 0) is 17.7 Å². The van der Waals surface area contributed by atoms with Crippen LogP contribution in [-0.4, -0.2) is 82.2 Å². The molecule has 4 atom stereocenters. The van der Waals surface area contributed by atoms with E-state index >= 15 is 0 Å².